The van der Waals surface area contributed by atoms with Gasteiger partial charge >= 0.3 is 0 Å². The lowest BCUT2D eigenvalue weighted by Gasteiger charge is -2.23. The first kappa shape index (κ1) is 18.9. The molecule has 9 heteroatoms. The van der Waals surface area contributed by atoms with Crippen LogP contribution < -0.4 is 0 Å². The number of para-hydroxylation sites is 1. The number of aromatic nitrogens is 4. The second-order valence-electron chi connectivity index (χ2n) is 6.93. The fourth-order valence-electron chi connectivity index (χ4n) is 3.24. The summed E-state index contributed by atoms with van der Waals surface area (Å²) in [5.41, 5.74) is 0.827. The molecule has 1 fully saturated rings. The molecular formula is C19H23N5O3S. The van der Waals surface area contributed by atoms with E-state index < -0.39 is 0 Å². The summed E-state index contributed by atoms with van der Waals surface area (Å²) in [6, 6.07) is 9.66. The van der Waals surface area contributed by atoms with Crippen LogP contribution in [0.25, 0.3) is 11.0 Å². The number of thioether (sulfide) groups is 1. The van der Waals surface area contributed by atoms with Crippen LogP contribution in [0.2, 0.25) is 0 Å². The Morgan fingerprint density at radius 3 is 3.07 bits per heavy atom. The summed E-state index contributed by atoms with van der Waals surface area (Å²) >= 11 is 1.34. The van der Waals surface area contributed by atoms with Crippen molar-refractivity contribution in [2.45, 2.75) is 43.6 Å². The molecule has 28 heavy (non-hydrogen) atoms. The van der Waals surface area contributed by atoms with Crippen LogP contribution in [0, 0.1) is 0 Å². The van der Waals surface area contributed by atoms with Crippen LogP contribution in [0.3, 0.4) is 0 Å². The zero-order valence-electron chi connectivity index (χ0n) is 15.9. The molecule has 148 valence electrons. The van der Waals surface area contributed by atoms with Crippen LogP contribution in [-0.2, 0) is 16.1 Å². The van der Waals surface area contributed by atoms with E-state index in [0.717, 1.165) is 36.2 Å². The molecule has 1 amide bonds. The highest BCUT2D eigenvalue weighted by molar-refractivity contribution is 7.99. The van der Waals surface area contributed by atoms with Gasteiger partial charge in [0.2, 0.25) is 11.1 Å². The van der Waals surface area contributed by atoms with Gasteiger partial charge in [0.15, 0.2) is 0 Å². The van der Waals surface area contributed by atoms with Crippen molar-refractivity contribution < 1.29 is 13.9 Å². The Bertz CT molecular complexity index is 917. The molecule has 2 unspecified atom stereocenters. The maximum absolute atomic E-state index is 12.7. The predicted molar refractivity (Wildman–Crippen MR) is 105 cm³/mol. The molecule has 0 bridgehead atoms. The topological polar surface area (TPSA) is 86.3 Å². The number of nitrogens with zero attached hydrogens (tertiary/aromatic N) is 5. The molecule has 0 radical (unpaired) electrons. The van der Waals surface area contributed by atoms with Gasteiger partial charge in [-0.3, -0.25) is 4.79 Å². The number of carbonyl (C=O) groups excluding carboxylic acids is 1. The summed E-state index contributed by atoms with van der Waals surface area (Å²) in [4.78, 5) is 14.4. The number of rotatable bonds is 7. The zero-order chi connectivity index (χ0) is 19.5. The Morgan fingerprint density at radius 2 is 2.29 bits per heavy atom. The minimum atomic E-state index is -0.164. The Labute approximate surface area is 167 Å². The number of hydrogen-bond acceptors (Lipinski definition) is 7. The third kappa shape index (κ3) is 4.05. The van der Waals surface area contributed by atoms with Gasteiger partial charge in [-0.2, -0.15) is 0 Å². The van der Waals surface area contributed by atoms with Crippen LogP contribution in [-0.4, -0.2) is 56.5 Å². The summed E-state index contributed by atoms with van der Waals surface area (Å²) in [5, 5.41) is 13.5. The van der Waals surface area contributed by atoms with Crippen LogP contribution in [0.1, 0.15) is 31.6 Å². The van der Waals surface area contributed by atoms with E-state index in [2.05, 4.69) is 15.5 Å². The number of amides is 1. The van der Waals surface area contributed by atoms with E-state index in [9.17, 15) is 4.79 Å². The van der Waals surface area contributed by atoms with Gasteiger partial charge in [0, 0.05) is 19.0 Å². The number of ether oxygens (including phenoxy) is 1. The Balaban J connectivity index is 1.36. The van der Waals surface area contributed by atoms with Crippen molar-refractivity contribution >= 4 is 28.6 Å². The summed E-state index contributed by atoms with van der Waals surface area (Å²) < 4.78 is 13.3. The van der Waals surface area contributed by atoms with E-state index in [-0.39, 0.29) is 23.8 Å². The van der Waals surface area contributed by atoms with Crippen LogP contribution in [0.4, 0.5) is 0 Å². The third-order valence-electron chi connectivity index (χ3n) is 5.06. The van der Waals surface area contributed by atoms with Crippen LogP contribution in [0.5, 0.6) is 0 Å². The number of benzene rings is 1. The monoisotopic (exact) mass is 401 g/mol. The van der Waals surface area contributed by atoms with Crippen molar-refractivity contribution in [1.82, 2.24) is 25.1 Å². The van der Waals surface area contributed by atoms with Crippen LogP contribution >= 0.6 is 11.8 Å². The molecule has 4 rings (SSSR count). The molecule has 1 aliphatic heterocycles. The summed E-state index contributed by atoms with van der Waals surface area (Å²) in [7, 11) is 1.79. The molecule has 3 heterocycles. The quantitative estimate of drug-likeness (QED) is 0.563. The summed E-state index contributed by atoms with van der Waals surface area (Å²) in [6.45, 7) is 3.37. The third-order valence-corrected chi connectivity index (χ3v) is 6.00. The number of fused-ring (bicyclic) bond motifs is 1. The molecular weight excluding hydrogens is 378 g/mol. The molecule has 8 nitrogen and oxygen atoms in total. The van der Waals surface area contributed by atoms with Gasteiger partial charge in [-0.15, -0.1) is 5.10 Å². The molecule has 0 N–H and O–H groups in total. The highest BCUT2D eigenvalue weighted by atomic mass is 32.2. The second-order valence-corrected chi connectivity index (χ2v) is 7.88. The van der Waals surface area contributed by atoms with Crippen molar-refractivity contribution in [3.63, 3.8) is 0 Å². The Hall–Kier alpha value is -2.39. The standard InChI is InChI=1S/C19H23N5O3S/c1-13(17-10-14-6-3-4-8-16(14)27-17)23(2)18(25)12-28-19-20-21-22-24(19)11-15-7-5-9-26-15/h3-4,6,8,10,13,15H,5,7,9,11-12H2,1-2H3. The van der Waals surface area contributed by atoms with Gasteiger partial charge in [-0.25, -0.2) is 4.68 Å². The number of hydrogen-bond donors (Lipinski definition) is 0. The molecule has 2 atom stereocenters. The van der Waals surface area contributed by atoms with Gasteiger partial charge < -0.3 is 14.1 Å². The average Bonchev–Trinajstić information content (AvgIpc) is 3.46. The summed E-state index contributed by atoms with van der Waals surface area (Å²) in [6.07, 6.45) is 2.23. The second kappa shape index (κ2) is 8.32. The lowest BCUT2D eigenvalue weighted by atomic mass is 10.2. The average molecular weight is 401 g/mol. The summed E-state index contributed by atoms with van der Waals surface area (Å²) in [5.74, 6) is 1.02. The minimum absolute atomic E-state index is 0.00961. The van der Waals surface area contributed by atoms with Crippen molar-refractivity contribution in [2.75, 3.05) is 19.4 Å². The Morgan fingerprint density at radius 1 is 1.43 bits per heavy atom. The first-order valence-corrected chi connectivity index (χ1v) is 10.3. The van der Waals surface area contributed by atoms with Crippen molar-refractivity contribution in [3.8, 4) is 0 Å². The minimum Gasteiger partial charge on any atom is -0.459 e. The first-order valence-electron chi connectivity index (χ1n) is 9.36. The van der Waals surface area contributed by atoms with E-state index in [1.165, 1.54) is 11.8 Å². The molecule has 1 aliphatic rings. The number of tetrazole rings is 1. The molecule has 1 aromatic carbocycles. The maximum atomic E-state index is 12.7. The van der Waals surface area contributed by atoms with Crippen molar-refractivity contribution in [3.05, 3.63) is 36.1 Å². The van der Waals surface area contributed by atoms with E-state index in [1.54, 1.807) is 16.6 Å². The lowest BCUT2D eigenvalue weighted by Crippen LogP contribution is -2.31. The van der Waals surface area contributed by atoms with Gasteiger partial charge in [0.05, 0.1) is 24.4 Å². The molecule has 1 saturated heterocycles. The van der Waals surface area contributed by atoms with E-state index >= 15 is 0 Å². The number of furan rings is 1. The van der Waals surface area contributed by atoms with E-state index in [4.69, 9.17) is 9.15 Å². The molecule has 0 aliphatic carbocycles. The number of carbonyl (C=O) groups is 1. The molecule has 2 aromatic heterocycles. The highest BCUT2D eigenvalue weighted by Gasteiger charge is 2.23. The van der Waals surface area contributed by atoms with Gasteiger partial charge in [0.25, 0.3) is 0 Å². The predicted octanol–water partition coefficient (Wildman–Crippen LogP) is 2.91. The molecule has 0 spiro atoms. The SMILES string of the molecule is CC(c1cc2ccccc2o1)N(C)C(=O)CSc1nnnn1CC1CCCO1. The molecule has 3 aromatic rings. The smallest absolute Gasteiger partial charge is 0.233 e. The van der Waals surface area contributed by atoms with Gasteiger partial charge in [-0.1, -0.05) is 30.0 Å². The lowest BCUT2D eigenvalue weighted by molar-refractivity contribution is -0.129. The maximum Gasteiger partial charge on any atom is 0.233 e. The largest absolute Gasteiger partial charge is 0.459 e. The fourth-order valence-corrected chi connectivity index (χ4v) is 4.05. The van der Waals surface area contributed by atoms with E-state index in [1.807, 2.05) is 37.3 Å². The fraction of sp³-hybridized carbons (Fsp3) is 0.474. The normalized spacial score (nSPS) is 17.9. The zero-order valence-corrected chi connectivity index (χ0v) is 16.8. The highest BCUT2D eigenvalue weighted by Crippen LogP contribution is 2.27. The van der Waals surface area contributed by atoms with Gasteiger partial charge in [0.1, 0.15) is 11.3 Å². The molecule has 0 saturated carbocycles. The van der Waals surface area contributed by atoms with E-state index in [0.29, 0.717) is 11.7 Å². The van der Waals surface area contributed by atoms with Gasteiger partial charge in [-0.05, 0) is 42.3 Å². The first-order chi connectivity index (χ1) is 13.6. The van der Waals surface area contributed by atoms with Crippen LogP contribution in [0.15, 0.2) is 39.9 Å². The Kier molecular flexibility index (Phi) is 5.63. The van der Waals surface area contributed by atoms with Crippen molar-refractivity contribution in [1.29, 1.82) is 0 Å². The van der Waals surface area contributed by atoms with Crippen molar-refractivity contribution in [2.24, 2.45) is 0 Å².